The summed E-state index contributed by atoms with van der Waals surface area (Å²) < 4.78 is 5.78. The monoisotopic (exact) mass is 329 g/mol. The third kappa shape index (κ3) is 3.51. The molecular weight excluding hydrogens is 314 g/mol. The average molecular weight is 329 g/mol. The van der Waals surface area contributed by atoms with Gasteiger partial charge in [-0.05, 0) is 42.3 Å². The first kappa shape index (κ1) is 16.3. The number of hydrogen-bond acceptors (Lipinski definition) is 3. The van der Waals surface area contributed by atoms with Crippen LogP contribution < -0.4 is 0 Å². The maximum absolute atomic E-state index is 11.3. The van der Waals surface area contributed by atoms with Gasteiger partial charge in [-0.25, -0.2) is 4.79 Å². The Morgan fingerprint density at radius 2 is 1.88 bits per heavy atom. The van der Waals surface area contributed by atoms with Crippen LogP contribution in [0.1, 0.15) is 27.2 Å². The number of hydrogen-bond donors (Lipinski definition) is 1. The van der Waals surface area contributed by atoms with Crippen LogP contribution in [0.2, 0.25) is 0 Å². The fourth-order valence-corrected chi connectivity index (χ4v) is 2.53. The van der Waals surface area contributed by atoms with Crippen molar-refractivity contribution in [2.24, 2.45) is 0 Å². The summed E-state index contributed by atoms with van der Waals surface area (Å²) in [6.45, 7) is 1.75. The molecule has 1 N–H and O–H groups in total. The van der Waals surface area contributed by atoms with Gasteiger partial charge in [0.1, 0.15) is 11.5 Å². The van der Waals surface area contributed by atoms with Crippen molar-refractivity contribution in [1.82, 2.24) is 0 Å². The van der Waals surface area contributed by atoms with Crippen molar-refractivity contribution in [1.29, 1.82) is 5.26 Å². The number of allylic oxidation sites excluding steroid dienone is 1. The molecule has 0 saturated heterocycles. The summed E-state index contributed by atoms with van der Waals surface area (Å²) in [6.07, 6.45) is 1.67. The van der Waals surface area contributed by atoms with Crippen LogP contribution in [0.4, 0.5) is 0 Å². The standard InChI is InChI=1S/C21H15NO3/c1-14-7-8-16(12-19(14)21(23)24)20-10-9-18(25-20)11-17(13-22)15-5-3-2-4-6-15/h2-12H,1H3,(H,23,24). The molecule has 0 aliphatic heterocycles. The number of furan rings is 1. The highest BCUT2D eigenvalue weighted by Gasteiger charge is 2.11. The molecule has 1 heterocycles. The topological polar surface area (TPSA) is 74.2 Å². The molecule has 3 aromatic rings. The fraction of sp³-hybridized carbons (Fsp3) is 0.0476. The summed E-state index contributed by atoms with van der Waals surface area (Å²) in [4.78, 5) is 11.3. The minimum atomic E-state index is -0.970. The summed E-state index contributed by atoms with van der Waals surface area (Å²) in [5.74, 6) is 0.119. The lowest BCUT2D eigenvalue weighted by atomic mass is 10.0. The van der Waals surface area contributed by atoms with E-state index in [-0.39, 0.29) is 5.56 Å². The Kier molecular flexibility index (Phi) is 4.49. The molecule has 0 aliphatic carbocycles. The second-order valence-corrected chi connectivity index (χ2v) is 5.57. The van der Waals surface area contributed by atoms with Gasteiger partial charge in [0.2, 0.25) is 0 Å². The third-order valence-corrected chi connectivity index (χ3v) is 3.87. The van der Waals surface area contributed by atoms with E-state index in [0.29, 0.717) is 28.2 Å². The van der Waals surface area contributed by atoms with E-state index in [1.165, 1.54) is 0 Å². The SMILES string of the molecule is Cc1ccc(-c2ccc(C=C(C#N)c3ccccc3)o2)cc1C(=O)O. The molecule has 0 unspecified atom stereocenters. The van der Waals surface area contributed by atoms with Crippen LogP contribution in [-0.4, -0.2) is 11.1 Å². The first-order valence-corrected chi connectivity index (χ1v) is 7.70. The van der Waals surface area contributed by atoms with Crippen molar-refractivity contribution in [3.05, 3.63) is 83.1 Å². The van der Waals surface area contributed by atoms with E-state index in [4.69, 9.17) is 4.42 Å². The maximum atomic E-state index is 11.3. The summed E-state index contributed by atoms with van der Waals surface area (Å²) in [7, 11) is 0. The van der Waals surface area contributed by atoms with Gasteiger partial charge in [-0.3, -0.25) is 0 Å². The van der Waals surface area contributed by atoms with Crippen LogP contribution in [0.5, 0.6) is 0 Å². The Labute approximate surface area is 145 Å². The molecule has 3 rings (SSSR count). The first-order chi connectivity index (χ1) is 12.1. The van der Waals surface area contributed by atoms with Gasteiger partial charge in [0.25, 0.3) is 0 Å². The molecule has 25 heavy (non-hydrogen) atoms. The van der Waals surface area contributed by atoms with E-state index in [2.05, 4.69) is 6.07 Å². The van der Waals surface area contributed by atoms with Crippen molar-refractivity contribution >= 4 is 17.6 Å². The molecule has 0 radical (unpaired) electrons. The molecule has 1 aromatic heterocycles. The van der Waals surface area contributed by atoms with Crippen molar-refractivity contribution in [2.75, 3.05) is 0 Å². The Balaban J connectivity index is 1.96. The molecule has 0 spiro atoms. The van der Waals surface area contributed by atoms with Crippen molar-refractivity contribution in [2.45, 2.75) is 6.92 Å². The van der Waals surface area contributed by atoms with Gasteiger partial charge < -0.3 is 9.52 Å². The van der Waals surface area contributed by atoms with Gasteiger partial charge >= 0.3 is 5.97 Å². The smallest absolute Gasteiger partial charge is 0.335 e. The van der Waals surface area contributed by atoms with E-state index in [1.54, 1.807) is 37.3 Å². The highest BCUT2D eigenvalue weighted by Crippen LogP contribution is 2.27. The molecule has 122 valence electrons. The maximum Gasteiger partial charge on any atom is 0.335 e. The first-order valence-electron chi connectivity index (χ1n) is 7.70. The molecule has 2 aromatic carbocycles. The second-order valence-electron chi connectivity index (χ2n) is 5.57. The zero-order valence-corrected chi connectivity index (χ0v) is 13.6. The lowest BCUT2D eigenvalue weighted by Gasteiger charge is -2.03. The highest BCUT2D eigenvalue weighted by atomic mass is 16.4. The zero-order chi connectivity index (χ0) is 17.8. The molecule has 0 amide bonds. The minimum Gasteiger partial charge on any atom is -0.478 e. The van der Waals surface area contributed by atoms with E-state index in [0.717, 1.165) is 5.56 Å². The van der Waals surface area contributed by atoms with Crippen LogP contribution >= 0.6 is 0 Å². The molecule has 0 atom stereocenters. The van der Waals surface area contributed by atoms with Gasteiger partial charge in [-0.1, -0.05) is 42.5 Å². The van der Waals surface area contributed by atoms with E-state index < -0.39 is 5.97 Å². The fourth-order valence-electron chi connectivity index (χ4n) is 2.53. The molecule has 0 saturated carbocycles. The van der Waals surface area contributed by atoms with Gasteiger partial charge in [0, 0.05) is 5.56 Å². The summed E-state index contributed by atoms with van der Waals surface area (Å²) >= 11 is 0. The van der Waals surface area contributed by atoms with Crippen LogP contribution in [-0.2, 0) is 0 Å². The Hall–Kier alpha value is -3.58. The summed E-state index contributed by atoms with van der Waals surface area (Å²) in [5, 5.41) is 18.6. The number of carbonyl (C=O) groups is 1. The van der Waals surface area contributed by atoms with Crippen LogP contribution in [0.15, 0.2) is 65.1 Å². The minimum absolute atomic E-state index is 0.244. The summed E-state index contributed by atoms with van der Waals surface area (Å²) in [5.41, 5.74) is 2.93. The predicted octanol–water partition coefficient (Wildman–Crippen LogP) is 5.02. The zero-order valence-electron chi connectivity index (χ0n) is 13.6. The lowest BCUT2D eigenvalue weighted by Crippen LogP contribution is -1.99. The van der Waals surface area contributed by atoms with E-state index in [9.17, 15) is 15.2 Å². The average Bonchev–Trinajstić information content (AvgIpc) is 3.09. The number of carboxylic acids is 1. The van der Waals surface area contributed by atoms with Gasteiger partial charge in [0.05, 0.1) is 17.2 Å². The summed E-state index contributed by atoms with van der Waals surface area (Å²) in [6, 6.07) is 20.2. The molecular formula is C21H15NO3. The van der Waals surface area contributed by atoms with Gasteiger partial charge in [-0.15, -0.1) is 0 Å². The van der Waals surface area contributed by atoms with Crippen molar-refractivity contribution < 1.29 is 14.3 Å². The molecule has 0 aliphatic rings. The second kappa shape index (κ2) is 6.90. The van der Waals surface area contributed by atoms with Crippen LogP contribution in [0.25, 0.3) is 23.0 Å². The third-order valence-electron chi connectivity index (χ3n) is 3.87. The number of rotatable bonds is 4. The number of aryl methyl sites for hydroxylation is 1. The molecule has 4 nitrogen and oxygen atoms in total. The van der Waals surface area contributed by atoms with Gasteiger partial charge in [-0.2, -0.15) is 5.26 Å². The lowest BCUT2D eigenvalue weighted by molar-refractivity contribution is 0.0696. The largest absolute Gasteiger partial charge is 0.478 e. The molecule has 0 fully saturated rings. The number of nitrogens with zero attached hydrogens (tertiary/aromatic N) is 1. The number of aromatic carboxylic acids is 1. The molecule has 4 heteroatoms. The normalized spacial score (nSPS) is 11.1. The van der Waals surface area contributed by atoms with Crippen LogP contribution in [0.3, 0.4) is 0 Å². The van der Waals surface area contributed by atoms with Crippen molar-refractivity contribution in [3.8, 4) is 17.4 Å². The number of benzene rings is 2. The molecule has 0 bridgehead atoms. The predicted molar refractivity (Wildman–Crippen MR) is 95.8 cm³/mol. The Morgan fingerprint density at radius 1 is 1.12 bits per heavy atom. The van der Waals surface area contributed by atoms with Crippen molar-refractivity contribution in [3.63, 3.8) is 0 Å². The number of nitriles is 1. The number of carboxylic acid groups (broad SMARTS) is 1. The van der Waals surface area contributed by atoms with E-state index >= 15 is 0 Å². The quantitative estimate of drug-likeness (QED) is 0.682. The van der Waals surface area contributed by atoms with E-state index in [1.807, 2.05) is 36.4 Å². The Morgan fingerprint density at radius 3 is 2.56 bits per heavy atom. The Bertz CT molecular complexity index is 991. The van der Waals surface area contributed by atoms with Gasteiger partial charge in [0.15, 0.2) is 0 Å². The van der Waals surface area contributed by atoms with Crippen LogP contribution in [0, 0.1) is 18.3 Å². The highest BCUT2D eigenvalue weighted by molar-refractivity contribution is 5.91.